The summed E-state index contributed by atoms with van der Waals surface area (Å²) in [5.74, 6) is -0.484. The van der Waals surface area contributed by atoms with Crippen LogP contribution in [0.15, 0.2) is 72.9 Å². The standard InChI is InChI=1S/C26H25FN4O/c1-3-12-26(2,28)23-10-8-19-14-17(7-9-22(19)30-23)18-11-13-29-24(16-18)31-25(32)20-5-4-6-21(27)15-20/h4-11,13-16H,3,12,28H2,1-2H3,(H,29,31,32). The van der Waals surface area contributed by atoms with Crippen LogP contribution in [0.5, 0.6) is 0 Å². The molecule has 0 saturated carbocycles. The minimum absolute atomic E-state index is 0.236. The van der Waals surface area contributed by atoms with Crippen LogP contribution < -0.4 is 11.1 Å². The van der Waals surface area contributed by atoms with Crippen molar-refractivity contribution in [2.45, 2.75) is 32.2 Å². The second-order valence-corrected chi connectivity index (χ2v) is 8.17. The molecule has 0 saturated heterocycles. The smallest absolute Gasteiger partial charge is 0.256 e. The lowest BCUT2D eigenvalue weighted by Gasteiger charge is -2.23. The zero-order chi connectivity index (χ0) is 22.7. The van der Waals surface area contributed by atoms with Gasteiger partial charge in [-0.3, -0.25) is 9.78 Å². The van der Waals surface area contributed by atoms with Crippen LogP contribution in [-0.4, -0.2) is 15.9 Å². The third-order valence-electron chi connectivity index (χ3n) is 5.47. The normalized spacial score (nSPS) is 13.0. The van der Waals surface area contributed by atoms with E-state index in [2.05, 4.69) is 17.2 Å². The number of carbonyl (C=O) groups is 1. The fraction of sp³-hybridized carbons (Fsp3) is 0.192. The van der Waals surface area contributed by atoms with Crippen LogP contribution in [0, 0.1) is 5.82 Å². The molecule has 2 aromatic heterocycles. The first kappa shape index (κ1) is 21.6. The Morgan fingerprint density at radius 3 is 2.66 bits per heavy atom. The number of anilines is 1. The average molecular weight is 429 g/mol. The Hall–Kier alpha value is -3.64. The van der Waals surface area contributed by atoms with Gasteiger partial charge in [0.25, 0.3) is 5.91 Å². The van der Waals surface area contributed by atoms with Gasteiger partial charge < -0.3 is 11.1 Å². The molecule has 5 nitrogen and oxygen atoms in total. The van der Waals surface area contributed by atoms with Crippen molar-refractivity contribution in [1.82, 2.24) is 9.97 Å². The van der Waals surface area contributed by atoms with Crippen LogP contribution in [0.1, 0.15) is 42.7 Å². The molecule has 6 heteroatoms. The lowest BCUT2D eigenvalue weighted by Crippen LogP contribution is -2.33. The monoisotopic (exact) mass is 428 g/mol. The number of hydrogen-bond donors (Lipinski definition) is 2. The minimum Gasteiger partial charge on any atom is -0.320 e. The Morgan fingerprint density at radius 1 is 1.06 bits per heavy atom. The van der Waals surface area contributed by atoms with Gasteiger partial charge in [0.15, 0.2) is 0 Å². The third-order valence-corrected chi connectivity index (χ3v) is 5.47. The van der Waals surface area contributed by atoms with E-state index < -0.39 is 17.3 Å². The van der Waals surface area contributed by atoms with Crippen molar-refractivity contribution in [3.63, 3.8) is 0 Å². The number of aromatic nitrogens is 2. The summed E-state index contributed by atoms with van der Waals surface area (Å²) >= 11 is 0. The van der Waals surface area contributed by atoms with Crippen LogP contribution in [-0.2, 0) is 5.54 Å². The van der Waals surface area contributed by atoms with Crippen molar-refractivity contribution < 1.29 is 9.18 Å². The number of nitrogens with zero attached hydrogens (tertiary/aromatic N) is 2. The van der Waals surface area contributed by atoms with Gasteiger partial charge in [-0.1, -0.05) is 31.5 Å². The molecule has 3 N–H and O–H groups in total. The van der Waals surface area contributed by atoms with Gasteiger partial charge in [0, 0.05) is 17.1 Å². The van der Waals surface area contributed by atoms with Crippen molar-refractivity contribution in [3.8, 4) is 11.1 Å². The zero-order valence-electron chi connectivity index (χ0n) is 18.1. The first-order valence-electron chi connectivity index (χ1n) is 10.6. The molecule has 1 amide bonds. The first-order chi connectivity index (χ1) is 15.4. The summed E-state index contributed by atoms with van der Waals surface area (Å²) in [6.07, 6.45) is 3.49. The van der Waals surface area contributed by atoms with Gasteiger partial charge in [-0.05, 0) is 73.0 Å². The summed E-state index contributed by atoms with van der Waals surface area (Å²) in [5, 5.41) is 3.73. The number of amides is 1. The van der Waals surface area contributed by atoms with Gasteiger partial charge >= 0.3 is 0 Å². The van der Waals surface area contributed by atoms with Crippen LogP contribution in [0.2, 0.25) is 0 Å². The SMILES string of the molecule is CCCC(C)(N)c1ccc2cc(-c3ccnc(NC(=O)c4cccc(F)c4)c3)ccc2n1. The van der Waals surface area contributed by atoms with Gasteiger partial charge in [0.2, 0.25) is 0 Å². The van der Waals surface area contributed by atoms with Crippen molar-refractivity contribution in [2.24, 2.45) is 5.73 Å². The molecule has 0 aliphatic carbocycles. The Bertz CT molecular complexity index is 1290. The maximum absolute atomic E-state index is 13.4. The van der Waals surface area contributed by atoms with E-state index in [4.69, 9.17) is 10.7 Å². The van der Waals surface area contributed by atoms with E-state index in [-0.39, 0.29) is 5.56 Å². The van der Waals surface area contributed by atoms with Gasteiger partial charge in [0.05, 0.1) is 16.7 Å². The number of carbonyl (C=O) groups excluding carboxylic acids is 1. The highest BCUT2D eigenvalue weighted by molar-refractivity contribution is 6.04. The number of halogens is 1. The van der Waals surface area contributed by atoms with Crippen LogP contribution >= 0.6 is 0 Å². The molecular weight excluding hydrogens is 403 g/mol. The Kier molecular flexibility index (Phi) is 5.97. The molecular formula is C26H25FN4O. The number of pyridine rings is 2. The molecule has 0 aliphatic rings. The van der Waals surface area contributed by atoms with E-state index in [0.29, 0.717) is 5.82 Å². The van der Waals surface area contributed by atoms with Gasteiger partial charge in [-0.15, -0.1) is 0 Å². The fourth-order valence-corrected chi connectivity index (χ4v) is 3.77. The van der Waals surface area contributed by atoms with Crippen LogP contribution in [0.3, 0.4) is 0 Å². The van der Waals surface area contributed by atoms with Crippen molar-refractivity contribution in [3.05, 3.63) is 90.0 Å². The summed E-state index contributed by atoms with van der Waals surface area (Å²) in [6.45, 7) is 4.12. The molecule has 0 spiro atoms. The lowest BCUT2D eigenvalue weighted by molar-refractivity contribution is 0.102. The van der Waals surface area contributed by atoms with Gasteiger partial charge in [0.1, 0.15) is 11.6 Å². The minimum atomic E-state index is -0.461. The molecule has 162 valence electrons. The second-order valence-electron chi connectivity index (χ2n) is 8.17. The predicted octanol–water partition coefficient (Wildman–Crippen LogP) is 5.66. The number of benzene rings is 2. The summed E-state index contributed by atoms with van der Waals surface area (Å²) in [7, 11) is 0. The number of nitrogens with two attached hydrogens (primary N) is 1. The van der Waals surface area contributed by atoms with Crippen molar-refractivity contribution >= 4 is 22.6 Å². The number of rotatable bonds is 6. The molecule has 0 bridgehead atoms. The number of nitrogens with one attached hydrogen (secondary N) is 1. The Labute approximate surface area is 186 Å². The highest BCUT2D eigenvalue weighted by atomic mass is 19.1. The van der Waals surface area contributed by atoms with E-state index in [9.17, 15) is 9.18 Å². The largest absolute Gasteiger partial charge is 0.320 e. The molecule has 1 atom stereocenters. The lowest BCUT2D eigenvalue weighted by atomic mass is 9.92. The van der Waals surface area contributed by atoms with E-state index in [0.717, 1.165) is 40.6 Å². The highest BCUT2D eigenvalue weighted by Gasteiger charge is 2.21. The molecule has 4 aromatic rings. The van der Waals surface area contributed by atoms with Crippen molar-refractivity contribution in [1.29, 1.82) is 0 Å². The maximum atomic E-state index is 13.4. The second kappa shape index (κ2) is 8.85. The average Bonchev–Trinajstić information content (AvgIpc) is 2.78. The first-order valence-corrected chi connectivity index (χ1v) is 10.6. The quantitative estimate of drug-likeness (QED) is 0.415. The number of fused-ring (bicyclic) bond motifs is 1. The molecule has 4 rings (SSSR count). The van der Waals surface area contributed by atoms with Crippen molar-refractivity contribution in [2.75, 3.05) is 5.32 Å². The van der Waals surface area contributed by atoms with E-state index >= 15 is 0 Å². The maximum Gasteiger partial charge on any atom is 0.256 e. The number of hydrogen-bond acceptors (Lipinski definition) is 4. The van der Waals surface area contributed by atoms with Crippen LogP contribution in [0.25, 0.3) is 22.0 Å². The van der Waals surface area contributed by atoms with Crippen LogP contribution in [0.4, 0.5) is 10.2 Å². The van der Waals surface area contributed by atoms with E-state index in [1.165, 1.54) is 18.2 Å². The highest BCUT2D eigenvalue weighted by Crippen LogP contribution is 2.28. The molecule has 1 unspecified atom stereocenters. The molecule has 2 aromatic carbocycles. The molecule has 0 fully saturated rings. The molecule has 2 heterocycles. The topological polar surface area (TPSA) is 80.9 Å². The Morgan fingerprint density at radius 2 is 1.88 bits per heavy atom. The summed E-state index contributed by atoms with van der Waals surface area (Å²) < 4.78 is 13.4. The summed E-state index contributed by atoms with van der Waals surface area (Å²) in [4.78, 5) is 21.4. The van der Waals surface area contributed by atoms with E-state index in [1.807, 2.05) is 43.3 Å². The summed E-state index contributed by atoms with van der Waals surface area (Å²) in [6, 6.07) is 19.2. The zero-order valence-corrected chi connectivity index (χ0v) is 18.1. The molecule has 0 aliphatic heterocycles. The molecule has 32 heavy (non-hydrogen) atoms. The Balaban J connectivity index is 1.59. The molecule has 0 radical (unpaired) electrons. The van der Waals surface area contributed by atoms with Gasteiger partial charge in [-0.2, -0.15) is 0 Å². The van der Waals surface area contributed by atoms with E-state index in [1.54, 1.807) is 18.3 Å². The fourth-order valence-electron chi connectivity index (χ4n) is 3.77. The third kappa shape index (κ3) is 4.65. The predicted molar refractivity (Wildman–Crippen MR) is 126 cm³/mol. The van der Waals surface area contributed by atoms with Gasteiger partial charge in [-0.25, -0.2) is 9.37 Å². The summed E-state index contributed by atoms with van der Waals surface area (Å²) in [5.41, 5.74) is 9.85.